The van der Waals surface area contributed by atoms with Gasteiger partial charge in [0.15, 0.2) is 24.7 Å². The molecule has 3 heterocycles. The molecule has 0 saturated carbocycles. The molecule has 0 radical (unpaired) electrons. The maximum atomic E-state index is 14.1. The molecular weight excluding hydrogens is 748 g/mol. The molecule has 20 heteroatoms. The molecule has 2 aliphatic heterocycles. The van der Waals surface area contributed by atoms with Gasteiger partial charge in [0.05, 0.1) is 30.4 Å². The minimum atomic E-state index is -1.66. The molecule has 1 aromatic heterocycles. The van der Waals surface area contributed by atoms with E-state index < -0.39 is 90.7 Å². The molecule has 2 aliphatic rings. The first-order chi connectivity index (χ1) is 27.6. The molecule has 2 saturated heterocycles. The first kappa shape index (κ1) is 39.6. The molecule has 57 heavy (non-hydrogen) atoms. The second kappa shape index (κ2) is 18.0. The first-order valence-electron chi connectivity index (χ1n) is 17.2. The standard InChI is InChI=1S/C37H32N8O12/c1-21(46)54-29-25(40-42-38)19-52-36(28(29)41-43-39)53-20-26-30(56-34(49)23-13-7-3-8-14-23)31(57-35(50)24-15-9-4-10-16-24)33(55-26)44-18-17-27(47)45(37(44)51)32(48)22-11-5-2-6-12-22/h2-18,25-26,28-31,33,36H,19-20H2,1H3/t25-,26-,28-,29+,30-,31-,33-,36+/m1/s1. The van der Waals surface area contributed by atoms with Gasteiger partial charge in [0.25, 0.3) is 11.5 Å². The van der Waals surface area contributed by atoms with Crippen molar-refractivity contribution in [2.75, 3.05) is 13.2 Å². The van der Waals surface area contributed by atoms with E-state index in [1.54, 1.807) is 54.6 Å². The monoisotopic (exact) mass is 780 g/mol. The maximum absolute atomic E-state index is 14.1. The Kier molecular flexibility index (Phi) is 12.5. The van der Waals surface area contributed by atoms with Gasteiger partial charge in [-0.15, -0.1) is 0 Å². The van der Waals surface area contributed by atoms with Crippen molar-refractivity contribution in [2.45, 2.75) is 55.9 Å². The van der Waals surface area contributed by atoms with Crippen LogP contribution in [0.2, 0.25) is 0 Å². The van der Waals surface area contributed by atoms with Gasteiger partial charge in [-0.3, -0.25) is 19.0 Å². The summed E-state index contributed by atoms with van der Waals surface area (Å²) < 4.78 is 36.4. The topological polar surface area (TPSA) is 265 Å². The average molecular weight is 781 g/mol. The summed E-state index contributed by atoms with van der Waals surface area (Å²) in [6.07, 6.45) is -8.03. The van der Waals surface area contributed by atoms with E-state index >= 15 is 0 Å². The van der Waals surface area contributed by atoms with Gasteiger partial charge in [-0.25, -0.2) is 14.4 Å². The maximum Gasteiger partial charge on any atom is 0.340 e. The van der Waals surface area contributed by atoms with Crippen LogP contribution in [0, 0.1) is 0 Å². The number of aromatic nitrogens is 2. The lowest BCUT2D eigenvalue weighted by molar-refractivity contribution is -0.221. The van der Waals surface area contributed by atoms with E-state index in [0.717, 1.165) is 23.8 Å². The summed E-state index contributed by atoms with van der Waals surface area (Å²) in [5, 5.41) is 7.25. The van der Waals surface area contributed by atoms with Crippen molar-refractivity contribution in [3.05, 3.63) is 162 Å². The quantitative estimate of drug-likeness (QED) is 0.0655. The number of carbonyl (C=O) groups excluding carboxylic acids is 4. The van der Waals surface area contributed by atoms with Crippen molar-refractivity contribution in [1.82, 2.24) is 9.13 Å². The number of esters is 3. The third-order valence-corrected chi connectivity index (χ3v) is 8.84. The van der Waals surface area contributed by atoms with Crippen molar-refractivity contribution in [2.24, 2.45) is 10.2 Å². The Morgan fingerprint density at radius 2 is 1.32 bits per heavy atom. The van der Waals surface area contributed by atoms with Crippen LogP contribution < -0.4 is 11.2 Å². The fourth-order valence-electron chi connectivity index (χ4n) is 6.24. The van der Waals surface area contributed by atoms with Gasteiger partial charge in [0.2, 0.25) is 0 Å². The minimum absolute atomic E-state index is 0.0200. The van der Waals surface area contributed by atoms with E-state index in [4.69, 9.17) is 34.0 Å². The number of hydrogen-bond acceptors (Lipinski definition) is 14. The van der Waals surface area contributed by atoms with Crippen molar-refractivity contribution < 1.29 is 47.6 Å². The molecule has 0 N–H and O–H groups in total. The molecule has 0 amide bonds. The lowest BCUT2D eigenvalue weighted by atomic mass is 10.0. The van der Waals surface area contributed by atoms with Gasteiger partial charge in [-0.1, -0.05) is 64.8 Å². The number of benzene rings is 3. The van der Waals surface area contributed by atoms with Crippen LogP contribution in [0.4, 0.5) is 0 Å². The van der Waals surface area contributed by atoms with Gasteiger partial charge >= 0.3 is 23.6 Å². The summed E-state index contributed by atoms with van der Waals surface area (Å²) in [6.45, 7) is 0.175. The van der Waals surface area contributed by atoms with Crippen LogP contribution in [-0.4, -0.2) is 89.0 Å². The highest BCUT2D eigenvalue weighted by Crippen LogP contribution is 2.35. The predicted octanol–water partition coefficient (Wildman–Crippen LogP) is 3.71. The highest BCUT2D eigenvalue weighted by Gasteiger charge is 2.52. The van der Waals surface area contributed by atoms with E-state index in [1.165, 1.54) is 36.4 Å². The van der Waals surface area contributed by atoms with Crippen LogP contribution in [0.5, 0.6) is 0 Å². The Hall–Kier alpha value is -7.08. The normalized spacial score (nSPS) is 23.9. The lowest BCUT2D eigenvalue weighted by Crippen LogP contribution is -2.54. The Bertz CT molecular complexity index is 2330. The molecule has 8 atom stereocenters. The Balaban J connectivity index is 1.41. The van der Waals surface area contributed by atoms with Crippen LogP contribution >= 0.6 is 0 Å². The number of carbonyl (C=O) groups is 4. The summed E-state index contributed by atoms with van der Waals surface area (Å²) >= 11 is 0. The third kappa shape index (κ3) is 8.91. The van der Waals surface area contributed by atoms with Crippen LogP contribution in [0.15, 0.2) is 123 Å². The van der Waals surface area contributed by atoms with E-state index in [9.17, 15) is 34.3 Å². The molecule has 3 aromatic carbocycles. The van der Waals surface area contributed by atoms with Gasteiger partial charge < -0.3 is 28.4 Å². The van der Waals surface area contributed by atoms with E-state index in [0.29, 0.717) is 4.57 Å². The van der Waals surface area contributed by atoms with Crippen molar-refractivity contribution >= 4 is 23.8 Å². The molecule has 0 spiro atoms. The number of rotatable bonds is 12. The van der Waals surface area contributed by atoms with Crippen LogP contribution in [-0.2, 0) is 33.2 Å². The second-order valence-electron chi connectivity index (χ2n) is 12.5. The van der Waals surface area contributed by atoms with Gasteiger partial charge in [0.1, 0.15) is 18.2 Å². The summed E-state index contributed by atoms with van der Waals surface area (Å²) in [4.78, 5) is 85.3. The Labute approximate surface area is 321 Å². The fourth-order valence-corrected chi connectivity index (χ4v) is 6.24. The number of hydrogen-bond donors (Lipinski definition) is 0. The summed E-state index contributed by atoms with van der Waals surface area (Å²) in [6, 6.07) is 21.5. The zero-order chi connectivity index (χ0) is 40.5. The predicted molar refractivity (Wildman–Crippen MR) is 193 cm³/mol. The second-order valence-corrected chi connectivity index (χ2v) is 12.5. The van der Waals surface area contributed by atoms with E-state index in [1.807, 2.05) is 0 Å². The summed E-state index contributed by atoms with van der Waals surface area (Å²) in [7, 11) is 0. The van der Waals surface area contributed by atoms with Crippen LogP contribution in [0.25, 0.3) is 20.9 Å². The van der Waals surface area contributed by atoms with E-state index in [2.05, 4.69) is 20.1 Å². The van der Waals surface area contributed by atoms with Crippen LogP contribution in [0.1, 0.15) is 44.2 Å². The molecular formula is C37H32N8O12. The minimum Gasteiger partial charge on any atom is -0.461 e. The summed E-state index contributed by atoms with van der Waals surface area (Å²) in [5.41, 5.74) is 16.5. The highest BCUT2D eigenvalue weighted by atomic mass is 16.7. The SMILES string of the molecule is CC(=O)O[C@@H]1[C@@H](N=[N+]=[N-])[C@H](OC[C@H]2O[C@@H](n3ccc(=O)n(C(=O)c4ccccc4)c3=O)[C@H](OC(=O)c3ccccc3)[C@@H]2OC(=O)c2ccccc2)OC[C@H]1N=[N+]=[N-]. The largest absolute Gasteiger partial charge is 0.461 e. The van der Waals surface area contributed by atoms with Gasteiger partial charge in [-0.2, -0.15) is 4.57 Å². The number of nitrogens with zero attached hydrogens (tertiary/aromatic N) is 8. The Morgan fingerprint density at radius 3 is 1.88 bits per heavy atom. The van der Waals surface area contributed by atoms with Gasteiger partial charge in [-0.05, 0) is 47.5 Å². The molecule has 4 aromatic rings. The molecule has 0 unspecified atom stereocenters. The average Bonchev–Trinajstić information content (AvgIpc) is 3.54. The van der Waals surface area contributed by atoms with Crippen molar-refractivity contribution in [1.29, 1.82) is 0 Å². The zero-order valence-electron chi connectivity index (χ0n) is 29.8. The molecule has 2 fully saturated rings. The molecule has 292 valence electrons. The Morgan fingerprint density at radius 1 is 0.754 bits per heavy atom. The molecule has 0 bridgehead atoms. The number of ether oxygens (including phenoxy) is 6. The van der Waals surface area contributed by atoms with Crippen molar-refractivity contribution in [3.63, 3.8) is 0 Å². The zero-order valence-corrected chi connectivity index (χ0v) is 29.8. The molecule has 6 rings (SSSR count). The summed E-state index contributed by atoms with van der Waals surface area (Å²) in [5.74, 6) is -3.54. The lowest BCUT2D eigenvalue weighted by Gasteiger charge is -2.38. The fraction of sp³-hybridized carbons (Fsp3) is 0.297. The smallest absolute Gasteiger partial charge is 0.340 e. The van der Waals surface area contributed by atoms with Crippen molar-refractivity contribution in [3.8, 4) is 0 Å². The first-order valence-corrected chi connectivity index (χ1v) is 17.2. The highest BCUT2D eigenvalue weighted by molar-refractivity contribution is 5.95. The third-order valence-electron chi connectivity index (χ3n) is 8.84. The molecule has 20 nitrogen and oxygen atoms in total. The van der Waals surface area contributed by atoms with Crippen LogP contribution in [0.3, 0.4) is 0 Å². The number of azide groups is 2. The van der Waals surface area contributed by atoms with Gasteiger partial charge in [0, 0.05) is 34.6 Å². The molecule has 0 aliphatic carbocycles. The van der Waals surface area contributed by atoms with E-state index in [-0.39, 0.29) is 23.3 Å².